The first-order valence-corrected chi connectivity index (χ1v) is 2.21. The van der Waals surface area contributed by atoms with Crippen molar-refractivity contribution >= 4 is 29.8 Å². The standard InChI is InChI=1S/C3H4Cl2N2/c1-2-3-6-7(4)5/h2-3H,1H2. The van der Waals surface area contributed by atoms with Crippen LogP contribution in [0, 0.1) is 0 Å². The molecule has 0 aromatic carbocycles. The second-order valence-corrected chi connectivity index (χ2v) is 1.53. The molecule has 7 heavy (non-hydrogen) atoms. The maximum Gasteiger partial charge on any atom is 0.0512 e. The van der Waals surface area contributed by atoms with Gasteiger partial charge in [-0.1, -0.05) is 6.58 Å². The molecule has 40 valence electrons. The molecule has 0 rings (SSSR count). The van der Waals surface area contributed by atoms with Crippen LogP contribution >= 0.6 is 23.6 Å². The number of hydrogen-bond donors (Lipinski definition) is 0. The van der Waals surface area contributed by atoms with Gasteiger partial charge in [-0.25, -0.2) is 0 Å². The lowest BCUT2D eigenvalue weighted by Gasteiger charge is -1.88. The zero-order chi connectivity index (χ0) is 5.70. The molecule has 0 aromatic rings. The van der Waals surface area contributed by atoms with Gasteiger partial charge < -0.3 is 0 Å². The van der Waals surface area contributed by atoms with Gasteiger partial charge in [-0.15, -0.1) is 4.05 Å². The highest BCUT2D eigenvalue weighted by molar-refractivity contribution is 6.33. The molecule has 0 bridgehead atoms. The largest absolute Gasteiger partial charge is 0.153 e. The molecule has 0 atom stereocenters. The van der Waals surface area contributed by atoms with Gasteiger partial charge in [-0.3, -0.25) is 0 Å². The number of allylic oxidation sites excluding steroid dienone is 1. The molecule has 0 N–H and O–H groups in total. The third-order valence-electron chi connectivity index (χ3n) is 0.259. The van der Waals surface area contributed by atoms with E-state index < -0.39 is 0 Å². The molecular weight excluding hydrogens is 135 g/mol. The van der Waals surface area contributed by atoms with Gasteiger partial charge in [0.05, 0.1) is 23.6 Å². The van der Waals surface area contributed by atoms with Crippen molar-refractivity contribution in [2.24, 2.45) is 5.10 Å². The van der Waals surface area contributed by atoms with Gasteiger partial charge in [0.1, 0.15) is 0 Å². The first-order valence-electron chi connectivity index (χ1n) is 1.54. The molecule has 0 fully saturated rings. The van der Waals surface area contributed by atoms with Gasteiger partial charge >= 0.3 is 0 Å². The van der Waals surface area contributed by atoms with E-state index in [2.05, 4.69) is 11.7 Å². The quantitative estimate of drug-likeness (QED) is 0.323. The molecule has 0 saturated carbocycles. The van der Waals surface area contributed by atoms with Crippen LogP contribution in [-0.2, 0) is 0 Å². The Morgan fingerprint density at radius 1 is 1.57 bits per heavy atom. The first kappa shape index (κ1) is 6.79. The van der Waals surface area contributed by atoms with Crippen molar-refractivity contribution in [1.29, 1.82) is 0 Å². The Balaban J connectivity index is 3.25. The summed E-state index contributed by atoms with van der Waals surface area (Å²) < 4.78 is 0.654. The van der Waals surface area contributed by atoms with Crippen LogP contribution in [0.5, 0.6) is 0 Å². The Morgan fingerprint density at radius 2 is 2.14 bits per heavy atom. The van der Waals surface area contributed by atoms with E-state index in [0.717, 1.165) is 0 Å². The van der Waals surface area contributed by atoms with Gasteiger partial charge in [0.15, 0.2) is 0 Å². The Morgan fingerprint density at radius 3 is 2.29 bits per heavy atom. The van der Waals surface area contributed by atoms with Crippen molar-refractivity contribution in [3.8, 4) is 0 Å². The normalized spacial score (nSPS) is 9.43. The van der Waals surface area contributed by atoms with E-state index in [1.54, 1.807) is 0 Å². The number of nitrogens with zero attached hydrogens (tertiary/aromatic N) is 2. The van der Waals surface area contributed by atoms with Crippen LogP contribution < -0.4 is 0 Å². The summed E-state index contributed by atoms with van der Waals surface area (Å²) in [5.41, 5.74) is 0. The van der Waals surface area contributed by atoms with E-state index in [9.17, 15) is 0 Å². The van der Waals surface area contributed by atoms with Gasteiger partial charge in [-0.05, 0) is 6.08 Å². The fourth-order valence-corrected chi connectivity index (χ4v) is 0.198. The number of hydrogen-bond acceptors (Lipinski definition) is 2. The lowest BCUT2D eigenvalue weighted by molar-refractivity contribution is 0.784. The Bertz CT molecular complexity index is 79.0. The van der Waals surface area contributed by atoms with Crippen molar-refractivity contribution in [2.45, 2.75) is 0 Å². The van der Waals surface area contributed by atoms with Crippen LogP contribution in [-0.4, -0.2) is 10.3 Å². The predicted molar refractivity (Wildman–Crippen MR) is 32.2 cm³/mol. The molecule has 0 saturated heterocycles. The molecular formula is C3H4Cl2N2. The van der Waals surface area contributed by atoms with Crippen molar-refractivity contribution in [3.63, 3.8) is 0 Å². The molecule has 0 aliphatic carbocycles. The summed E-state index contributed by atoms with van der Waals surface area (Å²) in [5.74, 6) is 0. The minimum absolute atomic E-state index is 0.654. The first-order chi connectivity index (χ1) is 3.27. The second-order valence-electron chi connectivity index (χ2n) is 0.715. The average Bonchev–Trinajstić information content (AvgIpc) is 1.61. The topological polar surface area (TPSA) is 15.6 Å². The lowest BCUT2D eigenvalue weighted by atomic mass is 10.7. The van der Waals surface area contributed by atoms with E-state index in [1.165, 1.54) is 12.3 Å². The summed E-state index contributed by atoms with van der Waals surface area (Å²) in [6.07, 6.45) is 2.84. The third kappa shape index (κ3) is 5.79. The summed E-state index contributed by atoms with van der Waals surface area (Å²) in [5, 5.41) is 3.36. The average molecular weight is 139 g/mol. The highest BCUT2D eigenvalue weighted by atomic mass is 35.5. The SMILES string of the molecule is C=CC=NN(Cl)Cl. The van der Waals surface area contributed by atoms with Crippen LogP contribution in [0.3, 0.4) is 0 Å². The molecule has 0 heterocycles. The minimum atomic E-state index is 0.654. The monoisotopic (exact) mass is 138 g/mol. The summed E-state index contributed by atoms with van der Waals surface area (Å²) in [6.45, 7) is 3.34. The Hall–Kier alpha value is -0.210. The van der Waals surface area contributed by atoms with Crippen LogP contribution in [0.15, 0.2) is 17.8 Å². The van der Waals surface area contributed by atoms with Crippen LogP contribution in [0.25, 0.3) is 0 Å². The highest BCUT2D eigenvalue weighted by Crippen LogP contribution is 1.96. The van der Waals surface area contributed by atoms with Crippen molar-refractivity contribution in [3.05, 3.63) is 12.7 Å². The molecule has 0 amide bonds. The van der Waals surface area contributed by atoms with Crippen LogP contribution in [0.4, 0.5) is 0 Å². The maximum absolute atomic E-state index is 5.01. The van der Waals surface area contributed by atoms with Crippen LogP contribution in [0.2, 0.25) is 0 Å². The second kappa shape index (κ2) is 3.96. The molecule has 0 aliphatic heterocycles. The Labute approximate surface area is 52.2 Å². The van der Waals surface area contributed by atoms with Crippen molar-refractivity contribution in [2.75, 3.05) is 0 Å². The van der Waals surface area contributed by atoms with Gasteiger partial charge in [0.2, 0.25) is 0 Å². The molecule has 0 radical (unpaired) electrons. The van der Waals surface area contributed by atoms with E-state index in [1.807, 2.05) is 0 Å². The van der Waals surface area contributed by atoms with Crippen molar-refractivity contribution in [1.82, 2.24) is 4.05 Å². The number of halogens is 2. The summed E-state index contributed by atoms with van der Waals surface area (Å²) >= 11 is 10.0. The molecule has 0 aliphatic rings. The fourth-order valence-electron chi connectivity index (χ4n) is 0.0975. The predicted octanol–water partition coefficient (Wildman–Crippen LogP) is 1.77. The Kier molecular flexibility index (Phi) is 3.84. The zero-order valence-electron chi connectivity index (χ0n) is 3.51. The summed E-state index contributed by atoms with van der Waals surface area (Å²) in [6, 6.07) is 0. The number of hydrazone groups is 1. The van der Waals surface area contributed by atoms with Gasteiger partial charge in [0.25, 0.3) is 0 Å². The third-order valence-corrected chi connectivity index (χ3v) is 0.434. The van der Waals surface area contributed by atoms with E-state index in [0.29, 0.717) is 4.05 Å². The van der Waals surface area contributed by atoms with E-state index in [4.69, 9.17) is 23.6 Å². The van der Waals surface area contributed by atoms with E-state index in [-0.39, 0.29) is 0 Å². The summed E-state index contributed by atoms with van der Waals surface area (Å²) in [4.78, 5) is 0. The summed E-state index contributed by atoms with van der Waals surface area (Å²) in [7, 11) is 0. The highest BCUT2D eigenvalue weighted by Gasteiger charge is 1.76. The van der Waals surface area contributed by atoms with Crippen molar-refractivity contribution < 1.29 is 0 Å². The zero-order valence-corrected chi connectivity index (χ0v) is 5.02. The smallest absolute Gasteiger partial charge is 0.0512 e. The van der Waals surface area contributed by atoms with Gasteiger partial charge in [-0.2, -0.15) is 5.10 Å². The number of rotatable bonds is 2. The molecule has 0 spiro atoms. The molecule has 4 heteroatoms. The molecule has 2 nitrogen and oxygen atoms in total. The minimum Gasteiger partial charge on any atom is -0.153 e. The fraction of sp³-hybridized carbons (Fsp3) is 0. The van der Waals surface area contributed by atoms with Crippen LogP contribution in [0.1, 0.15) is 0 Å². The van der Waals surface area contributed by atoms with Gasteiger partial charge in [0, 0.05) is 6.21 Å². The molecule has 0 aromatic heterocycles. The van der Waals surface area contributed by atoms with E-state index >= 15 is 0 Å². The lowest BCUT2D eigenvalue weighted by Crippen LogP contribution is -1.80. The molecule has 0 unspecified atom stereocenters. The maximum atomic E-state index is 5.01.